The maximum Gasteiger partial charge on any atom is 0.250 e. The van der Waals surface area contributed by atoms with Gasteiger partial charge in [-0.3, -0.25) is 10.1 Å². The second-order valence-electron chi connectivity index (χ2n) is 5.01. The van der Waals surface area contributed by atoms with Gasteiger partial charge in [-0.1, -0.05) is 41.7 Å². The second-order valence-corrected chi connectivity index (χ2v) is 6.04. The number of aryl methyl sites for hydroxylation is 1. The van der Waals surface area contributed by atoms with Gasteiger partial charge >= 0.3 is 0 Å². The highest BCUT2D eigenvalue weighted by atomic mass is 32.1. The first-order valence-corrected chi connectivity index (χ1v) is 7.97. The zero-order valence-corrected chi connectivity index (χ0v) is 13.7. The molecule has 116 valence electrons. The average molecular weight is 324 g/mol. The Labute approximate surface area is 138 Å². The van der Waals surface area contributed by atoms with Crippen molar-refractivity contribution in [3.8, 4) is 5.75 Å². The number of rotatable bonds is 4. The highest BCUT2D eigenvalue weighted by molar-refractivity contribution is 7.22. The molecule has 0 saturated heterocycles. The molecule has 2 aromatic carbocycles. The van der Waals surface area contributed by atoms with Crippen LogP contribution >= 0.6 is 11.3 Å². The zero-order chi connectivity index (χ0) is 16.2. The molecule has 0 aliphatic heterocycles. The van der Waals surface area contributed by atoms with Gasteiger partial charge in [-0.25, -0.2) is 4.98 Å². The first-order valence-electron chi connectivity index (χ1n) is 7.15. The minimum absolute atomic E-state index is 0.215. The lowest BCUT2D eigenvalue weighted by Gasteiger charge is -2.03. The summed E-state index contributed by atoms with van der Waals surface area (Å²) in [5.41, 5.74) is 2.88. The number of benzene rings is 2. The van der Waals surface area contributed by atoms with Crippen LogP contribution < -0.4 is 10.1 Å². The largest absolute Gasteiger partial charge is 0.496 e. The molecule has 0 aliphatic rings. The maximum atomic E-state index is 12.1. The van der Waals surface area contributed by atoms with Crippen LogP contribution in [0.25, 0.3) is 16.3 Å². The maximum absolute atomic E-state index is 12.1. The zero-order valence-electron chi connectivity index (χ0n) is 12.9. The number of hydrogen-bond donors (Lipinski definition) is 1. The fourth-order valence-electron chi connectivity index (χ4n) is 2.26. The van der Waals surface area contributed by atoms with E-state index in [0.29, 0.717) is 5.13 Å². The van der Waals surface area contributed by atoms with E-state index in [1.807, 2.05) is 49.4 Å². The Hall–Kier alpha value is -2.66. The predicted molar refractivity (Wildman–Crippen MR) is 95.0 cm³/mol. The van der Waals surface area contributed by atoms with Gasteiger partial charge in [0.2, 0.25) is 5.91 Å². The van der Waals surface area contributed by atoms with Gasteiger partial charge in [0.15, 0.2) is 5.13 Å². The van der Waals surface area contributed by atoms with Crippen LogP contribution in [0.3, 0.4) is 0 Å². The molecule has 0 bridgehead atoms. The molecule has 1 heterocycles. The Balaban J connectivity index is 1.75. The van der Waals surface area contributed by atoms with Crippen LogP contribution in [0.1, 0.15) is 11.1 Å². The molecular weight excluding hydrogens is 308 g/mol. The summed E-state index contributed by atoms with van der Waals surface area (Å²) < 4.78 is 6.32. The quantitative estimate of drug-likeness (QED) is 0.729. The Bertz CT molecular complexity index is 884. The van der Waals surface area contributed by atoms with Gasteiger partial charge in [0.1, 0.15) is 5.75 Å². The van der Waals surface area contributed by atoms with Crippen molar-refractivity contribution in [2.45, 2.75) is 6.92 Å². The summed E-state index contributed by atoms with van der Waals surface area (Å²) in [6.07, 6.45) is 3.21. The Morgan fingerprint density at radius 1 is 1.22 bits per heavy atom. The minimum Gasteiger partial charge on any atom is -0.496 e. The summed E-state index contributed by atoms with van der Waals surface area (Å²) in [6, 6.07) is 13.5. The Morgan fingerprint density at radius 2 is 2.04 bits per heavy atom. The summed E-state index contributed by atoms with van der Waals surface area (Å²) in [5.74, 6) is 0.514. The van der Waals surface area contributed by atoms with Crippen LogP contribution in [0.4, 0.5) is 5.13 Å². The number of ether oxygens (including phenoxy) is 1. The molecule has 0 atom stereocenters. The molecule has 3 aromatic rings. The van der Waals surface area contributed by atoms with E-state index in [2.05, 4.69) is 10.3 Å². The summed E-state index contributed by atoms with van der Waals surface area (Å²) in [5, 5.41) is 3.41. The van der Waals surface area contributed by atoms with E-state index in [1.54, 1.807) is 13.2 Å². The lowest BCUT2D eigenvalue weighted by molar-refractivity contribution is -0.111. The first-order chi connectivity index (χ1) is 11.2. The average Bonchev–Trinajstić information content (AvgIpc) is 2.97. The smallest absolute Gasteiger partial charge is 0.250 e. The third-order valence-electron chi connectivity index (χ3n) is 3.40. The van der Waals surface area contributed by atoms with Gasteiger partial charge in [0.25, 0.3) is 0 Å². The van der Waals surface area contributed by atoms with Crippen molar-refractivity contribution in [3.63, 3.8) is 0 Å². The number of para-hydroxylation sites is 2. The molecule has 0 fully saturated rings. The molecule has 1 N–H and O–H groups in total. The molecule has 0 spiro atoms. The molecular formula is C18H16N2O2S. The SMILES string of the molecule is COc1ccccc1/C=C/C(=O)Nc1nc2c(C)cccc2s1. The van der Waals surface area contributed by atoms with Crippen molar-refractivity contribution in [2.75, 3.05) is 12.4 Å². The van der Waals surface area contributed by atoms with Gasteiger partial charge in [-0.2, -0.15) is 0 Å². The summed E-state index contributed by atoms with van der Waals surface area (Å²) in [4.78, 5) is 16.5. The van der Waals surface area contributed by atoms with Crippen molar-refractivity contribution < 1.29 is 9.53 Å². The number of hydrogen-bond acceptors (Lipinski definition) is 4. The van der Waals surface area contributed by atoms with Gasteiger partial charge in [0.05, 0.1) is 17.3 Å². The number of aromatic nitrogens is 1. The van der Waals surface area contributed by atoms with Crippen molar-refractivity contribution in [3.05, 3.63) is 59.7 Å². The lowest BCUT2D eigenvalue weighted by Crippen LogP contribution is -2.07. The molecule has 0 unspecified atom stereocenters. The van der Waals surface area contributed by atoms with Gasteiger partial charge in [-0.05, 0) is 30.7 Å². The molecule has 0 radical (unpaired) electrons. The molecule has 4 nitrogen and oxygen atoms in total. The molecule has 3 rings (SSSR count). The molecule has 5 heteroatoms. The van der Waals surface area contributed by atoms with Gasteiger partial charge < -0.3 is 4.74 Å². The second kappa shape index (κ2) is 6.62. The third kappa shape index (κ3) is 3.40. The number of carbonyl (C=O) groups is 1. The molecule has 23 heavy (non-hydrogen) atoms. The Morgan fingerprint density at radius 3 is 2.83 bits per heavy atom. The highest BCUT2D eigenvalue weighted by Gasteiger charge is 2.07. The number of nitrogens with zero attached hydrogens (tertiary/aromatic N) is 1. The number of fused-ring (bicyclic) bond motifs is 1. The Kier molecular flexibility index (Phi) is 4.39. The number of anilines is 1. The van der Waals surface area contributed by atoms with Crippen LogP contribution in [0.15, 0.2) is 48.5 Å². The minimum atomic E-state index is -0.215. The number of methoxy groups -OCH3 is 1. The number of nitrogens with one attached hydrogen (secondary N) is 1. The number of thiazole rings is 1. The van der Waals surface area contributed by atoms with Crippen LogP contribution in [0.2, 0.25) is 0 Å². The van der Waals surface area contributed by atoms with E-state index >= 15 is 0 Å². The molecule has 0 aliphatic carbocycles. The van der Waals surface area contributed by atoms with Crippen molar-refractivity contribution in [1.82, 2.24) is 4.98 Å². The van der Waals surface area contributed by atoms with Crippen molar-refractivity contribution in [2.24, 2.45) is 0 Å². The predicted octanol–water partition coefficient (Wildman–Crippen LogP) is 4.27. The molecule has 1 amide bonds. The molecule has 0 saturated carbocycles. The normalized spacial score (nSPS) is 11.0. The topological polar surface area (TPSA) is 51.2 Å². The van der Waals surface area contributed by atoms with Gasteiger partial charge in [-0.15, -0.1) is 0 Å². The highest BCUT2D eigenvalue weighted by Crippen LogP contribution is 2.27. The van der Waals surface area contributed by atoms with E-state index in [0.717, 1.165) is 27.1 Å². The summed E-state index contributed by atoms with van der Waals surface area (Å²) >= 11 is 1.47. The van der Waals surface area contributed by atoms with Gasteiger partial charge in [0, 0.05) is 11.6 Å². The van der Waals surface area contributed by atoms with Crippen LogP contribution in [0, 0.1) is 6.92 Å². The fourth-order valence-corrected chi connectivity index (χ4v) is 3.20. The van der Waals surface area contributed by atoms with Crippen LogP contribution in [-0.4, -0.2) is 18.0 Å². The van der Waals surface area contributed by atoms with E-state index < -0.39 is 0 Å². The summed E-state index contributed by atoms with van der Waals surface area (Å²) in [7, 11) is 1.61. The first kappa shape index (κ1) is 15.2. The molecule has 1 aromatic heterocycles. The standard InChI is InChI=1S/C18H16N2O2S/c1-12-6-5-9-15-17(12)20-18(23-15)19-16(21)11-10-13-7-3-4-8-14(13)22-2/h3-11H,1-2H3,(H,19,20,21)/b11-10+. The number of amides is 1. The lowest BCUT2D eigenvalue weighted by atomic mass is 10.2. The van der Waals surface area contributed by atoms with Crippen molar-refractivity contribution >= 4 is 38.7 Å². The fraction of sp³-hybridized carbons (Fsp3) is 0.111. The monoisotopic (exact) mass is 324 g/mol. The summed E-state index contributed by atoms with van der Waals surface area (Å²) in [6.45, 7) is 2.01. The van der Waals surface area contributed by atoms with Crippen LogP contribution in [0.5, 0.6) is 5.75 Å². The van der Waals surface area contributed by atoms with Crippen molar-refractivity contribution in [1.29, 1.82) is 0 Å². The third-order valence-corrected chi connectivity index (χ3v) is 4.34. The van der Waals surface area contributed by atoms with E-state index in [-0.39, 0.29) is 5.91 Å². The van der Waals surface area contributed by atoms with E-state index in [1.165, 1.54) is 17.4 Å². The van der Waals surface area contributed by atoms with E-state index in [4.69, 9.17) is 4.74 Å². The van der Waals surface area contributed by atoms with Crippen LogP contribution in [-0.2, 0) is 4.79 Å². The number of carbonyl (C=O) groups excluding carboxylic acids is 1. The van der Waals surface area contributed by atoms with E-state index in [9.17, 15) is 4.79 Å².